The highest BCUT2D eigenvalue weighted by atomic mass is 16.6. The maximum atomic E-state index is 10.7. The van der Waals surface area contributed by atoms with Crippen molar-refractivity contribution in [3.8, 4) is 0 Å². The third-order valence-corrected chi connectivity index (χ3v) is 1.06. The van der Waals surface area contributed by atoms with Gasteiger partial charge in [-0.25, -0.2) is 9.59 Å². The Balaban J connectivity index is -0.000000720. The van der Waals surface area contributed by atoms with Crippen LogP contribution < -0.4 is 0 Å². The van der Waals surface area contributed by atoms with Gasteiger partial charge < -0.3 is 14.6 Å². The van der Waals surface area contributed by atoms with E-state index in [-0.39, 0.29) is 33.6 Å². The lowest BCUT2D eigenvalue weighted by atomic mass is 10.4. The second kappa shape index (κ2) is 10.7. The molecule has 0 bridgehead atoms. The van der Waals surface area contributed by atoms with Crippen molar-refractivity contribution in [1.29, 1.82) is 0 Å². The first-order valence-corrected chi connectivity index (χ1v) is 3.67. The molecule has 0 unspecified atom stereocenters. The van der Waals surface area contributed by atoms with Crippen LogP contribution in [0.5, 0.6) is 0 Å². The van der Waals surface area contributed by atoms with Crippen LogP contribution in [0.15, 0.2) is 12.2 Å². The predicted octanol–water partition coefficient (Wildman–Crippen LogP) is 0.913. The zero-order chi connectivity index (χ0) is 10.3. The highest BCUT2D eigenvalue weighted by molar-refractivity contribution is 5.86. The van der Waals surface area contributed by atoms with E-state index in [2.05, 4.69) is 16.1 Å². The Bertz CT molecular complexity index is 210. The summed E-state index contributed by atoms with van der Waals surface area (Å²) in [6.45, 7) is 4.12. The molecule has 0 rings (SSSR count). The van der Waals surface area contributed by atoms with E-state index in [0.29, 0.717) is 0 Å². The van der Waals surface area contributed by atoms with Gasteiger partial charge in [0.15, 0.2) is 0 Å². The first kappa shape index (κ1) is 19.2. The molecule has 0 amide bonds. The molecular formula is C10H20O5. The summed E-state index contributed by atoms with van der Waals surface area (Å²) in [5.41, 5.74) is 0.286. The Morgan fingerprint density at radius 3 is 2.07 bits per heavy atom. The van der Waals surface area contributed by atoms with Crippen LogP contribution in [-0.2, 0) is 19.1 Å². The SMILES string of the molecule is C.C.C=C(C)C(=O)OCCOC(=O)CO. The number of hydrogen-bond acceptors (Lipinski definition) is 5. The van der Waals surface area contributed by atoms with Gasteiger partial charge in [-0.1, -0.05) is 21.4 Å². The van der Waals surface area contributed by atoms with Crippen LogP contribution in [0.2, 0.25) is 0 Å². The summed E-state index contributed by atoms with van der Waals surface area (Å²) in [6, 6.07) is 0. The van der Waals surface area contributed by atoms with Gasteiger partial charge in [0.2, 0.25) is 0 Å². The number of hydrogen-bond donors (Lipinski definition) is 1. The fraction of sp³-hybridized carbons (Fsp3) is 0.600. The molecule has 0 saturated carbocycles. The van der Waals surface area contributed by atoms with Crippen LogP contribution in [0.25, 0.3) is 0 Å². The zero-order valence-electron chi connectivity index (χ0n) is 7.41. The molecule has 0 fully saturated rings. The average molecular weight is 220 g/mol. The first-order chi connectivity index (χ1) is 6.07. The summed E-state index contributed by atoms with van der Waals surface area (Å²) >= 11 is 0. The van der Waals surface area contributed by atoms with Gasteiger partial charge in [0.1, 0.15) is 19.8 Å². The van der Waals surface area contributed by atoms with Crippen LogP contribution in [0, 0.1) is 0 Å². The molecule has 0 aliphatic rings. The van der Waals surface area contributed by atoms with Gasteiger partial charge in [-0.15, -0.1) is 0 Å². The van der Waals surface area contributed by atoms with Gasteiger partial charge in [-0.3, -0.25) is 0 Å². The predicted molar refractivity (Wildman–Crippen MR) is 57.3 cm³/mol. The quantitative estimate of drug-likeness (QED) is 0.423. The fourth-order valence-electron chi connectivity index (χ4n) is 0.459. The standard InChI is InChI=1S/C8H12O5.2CH4/c1-6(2)8(11)13-4-3-12-7(10)5-9;;/h9H,1,3-5H2,2H3;2*1H4. The molecule has 0 aromatic rings. The third kappa shape index (κ3) is 10.6. The lowest BCUT2D eigenvalue weighted by Crippen LogP contribution is -2.15. The summed E-state index contributed by atoms with van der Waals surface area (Å²) < 4.78 is 9.03. The molecule has 0 spiro atoms. The molecule has 0 aromatic heterocycles. The third-order valence-electron chi connectivity index (χ3n) is 1.06. The molecule has 0 aromatic carbocycles. The summed E-state index contributed by atoms with van der Waals surface area (Å²) in [5.74, 6) is -1.27. The lowest BCUT2D eigenvalue weighted by molar-refractivity contribution is -0.152. The molecule has 1 N–H and O–H groups in total. The van der Waals surface area contributed by atoms with Gasteiger partial charge in [0.05, 0.1) is 0 Å². The molecule has 5 nitrogen and oxygen atoms in total. The second-order valence-electron chi connectivity index (χ2n) is 2.29. The van der Waals surface area contributed by atoms with Crippen molar-refractivity contribution in [2.24, 2.45) is 0 Å². The molecule has 90 valence electrons. The monoisotopic (exact) mass is 220 g/mol. The van der Waals surface area contributed by atoms with Crippen molar-refractivity contribution in [1.82, 2.24) is 0 Å². The topological polar surface area (TPSA) is 72.8 Å². The average Bonchev–Trinajstić information content (AvgIpc) is 2.11. The Hall–Kier alpha value is -1.36. The number of rotatable bonds is 5. The molecule has 0 radical (unpaired) electrons. The first-order valence-electron chi connectivity index (χ1n) is 3.67. The zero-order valence-corrected chi connectivity index (χ0v) is 7.41. The Kier molecular flexibility index (Phi) is 13.8. The van der Waals surface area contributed by atoms with Gasteiger partial charge >= 0.3 is 11.9 Å². The van der Waals surface area contributed by atoms with Crippen LogP contribution in [-0.4, -0.2) is 36.9 Å². The molecular weight excluding hydrogens is 200 g/mol. The Morgan fingerprint density at radius 2 is 1.67 bits per heavy atom. The van der Waals surface area contributed by atoms with Crippen molar-refractivity contribution in [3.63, 3.8) is 0 Å². The van der Waals surface area contributed by atoms with Gasteiger partial charge in [-0.2, -0.15) is 0 Å². The van der Waals surface area contributed by atoms with Crippen molar-refractivity contribution < 1.29 is 24.2 Å². The van der Waals surface area contributed by atoms with Gasteiger partial charge in [0, 0.05) is 5.57 Å². The van der Waals surface area contributed by atoms with Gasteiger partial charge in [0.25, 0.3) is 0 Å². The number of carbonyl (C=O) groups excluding carboxylic acids is 2. The Labute approximate surface area is 90.7 Å². The normalized spacial score (nSPS) is 7.87. The van der Waals surface area contributed by atoms with E-state index in [1.807, 2.05) is 0 Å². The molecule has 0 heterocycles. The van der Waals surface area contributed by atoms with E-state index >= 15 is 0 Å². The lowest BCUT2D eigenvalue weighted by Gasteiger charge is -2.04. The fourth-order valence-corrected chi connectivity index (χ4v) is 0.459. The highest BCUT2D eigenvalue weighted by Crippen LogP contribution is 1.91. The minimum absolute atomic E-state index is 0. The summed E-state index contributed by atoms with van der Waals surface area (Å²) in [7, 11) is 0. The highest BCUT2D eigenvalue weighted by Gasteiger charge is 2.03. The molecule has 0 aliphatic heterocycles. The number of esters is 2. The number of aliphatic hydroxyl groups is 1. The molecule has 0 aliphatic carbocycles. The smallest absolute Gasteiger partial charge is 0.333 e. The van der Waals surface area contributed by atoms with Crippen LogP contribution >= 0.6 is 0 Å². The summed E-state index contributed by atoms with van der Waals surface area (Å²) in [5, 5.41) is 8.24. The van der Waals surface area contributed by atoms with Gasteiger partial charge in [-0.05, 0) is 6.92 Å². The van der Waals surface area contributed by atoms with Crippen molar-refractivity contribution in [2.45, 2.75) is 21.8 Å². The number of aliphatic hydroxyl groups excluding tert-OH is 1. The van der Waals surface area contributed by atoms with Crippen LogP contribution in [0.4, 0.5) is 0 Å². The van der Waals surface area contributed by atoms with E-state index in [1.165, 1.54) is 6.92 Å². The summed E-state index contributed by atoms with van der Waals surface area (Å²) in [6.07, 6.45) is 0. The van der Waals surface area contributed by atoms with E-state index in [1.54, 1.807) is 0 Å². The minimum Gasteiger partial charge on any atom is -0.460 e. The second-order valence-corrected chi connectivity index (χ2v) is 2.29. The van der Waals surface area contributed by atoms with Crippen molar-refractivity contribution in [2.75, 3.05) is 19.8 Å². The molecule has 5 heteroatoms. The number of carbonyl (C=O) groups is 2. The summed E-state index contributed by atoms with van der Waals surface area (Å²) in [4.78, 5) is 21.1. The maximum Gasteiger partial charge on any atom is 0.333 e. The number of ether oxygens (including phenoxy) is 2. The van der Waals surface area contributed by atoms with Crippen LogP contribution in [0.1, 0.15) is 21.8 Å². The van der Waals surface area contributed by atoms with E-state index in [4.69, 9.17) is 5.11 Å². The van der Waals surface area contributed by atoms with Crippen molar-refractivity contribution >= 4 is 11.9 Å². The van der Waals surface area contributed by atoms with Crippen molar-refractivity contribution in [3.05, 3.63) is 12.2 Å². The van der Waals surface area contributed by atoms with E-state index in [0.717, 1.165) is 0 Å². The molecule has 0 atom stereocenters. The molecule has 0 saturated heterocycles. The van der Waals surface area contributed by atoms with Crippen LogP contribution in [0.3, 0.4) is 0 Å². The largest absolute Gasteiger partial charge is 0.460 e. The maximum absolute atomic E-state index is 10.7. The Morgan fingerprint density at radius 1 is 1.20 bits per heavy atom. The van der Waals surface area contributed by atoms with E-state index < -0.39 is 18.5 Å². The minimum atomic E-state index is -0.744. The molecule has 15 heavy (non-hydrogen) atoms. The van der Waals surface area contributed by atoms with E-state index in [9.17, 15) is 9.59 Å².